The molecular formula is C25H32N2O3. The van der Waals surface area contributed by atoms with Gasteiger partial charge in [0, 0.05) is 30.1 Å². The Kier molecular flexibility index (Phi) is 6.95. The largest absolute Gasteiger partial charge is 0.496 e. The van der Waals surface area contributed by atoms with Crippen molar-refractivity contribution < 1.29 is 9.15 Å². The molecule has 160 valence electrons. The van der Waals surface area contributed by atoms with Gasteiger partial charge in [0.15, 0.2) is 0 Å². The topological polar surface area (TPSA) is 54.7 Å². The van der Waals surface area contributed by atoms with E-state index in [9.17, 15) is 4.79 Å². The summed E-state index contributed by atoms with van der Waals surface area (Å²) in [5.74, 6) is 1.28. The van der Waals surface area contributed by atoms with Crippen LogP contribution in [0.15, 0.2) is 51.7 Å². The SMILES string of the molecule is COc1ccccc1[C@@H](CNCc1cc(=O)oc2cc(C)c(C(C)C)cc12)N(C)C. The average molecular weight is 409 g/mol. The molecule has 3 aromatic rings. The number of ether oxygens (including phenoxy) is 1. The van der Waals surface area contributed by atoms with Crippen molar-refractivity contribution in [3.63, 3.8) is 0 Å². The number of nitrogens with zero attached hydrogens (tertiary/aromatic N) is 1. The molecule has 30 heavy (non-hydrogen) atoms. The fourth-order valence-corrected chi connectivity index (χ4v) is 4.02. The van der Waals surface area contributed by atoms with Crippen molar-refractivity contribution in [1.82, 2.24) is 10.2 Å². The summed E-state index contributed by atoms with van der Waals surface area (Å²) in [5, 5.41) is 4.53. The maximum absolute atomic E-state index is 12.1. The Bertz CT molecular complexity index is 1070. The third kappa shape index (κ3) is 4.74. The van der Waals surface area contributed by atoms with Gasteiger partial charge < -0.3 is 19.4 Å². The van der Waals surface area contributed by atoms with Crippen LogP contribution in [0, 0.1) is 6.92 Å². The van der Waals surface area contributed by atoms with Crippen LogP contribution in [-0.4, -0.2) is 32.6 Å². The summed E-state index contributed by atoms with van der Waals surface area (Å²) in [6.07, 6.45) is 0. The number of likely N-dealkylation sites (N-methyl/N-ethyl adjacent to an activating group) is 1. The first-order chi connectivity index (χ1) is 14.3. The quantitative estimate of drug-likeness (QED) is 0.551. The molecule has 0 bridgehead atoms. The lowest BCUT2D eigenvalue weighted by Crippen LogP contribution is -2.31. The highest BCUT2D eigenvalue weighted by atomic mass is 16.5. The third-order valence-corrected chi connectivity index (χ3v) is 5.61. The number of rotatable bonds is 8. The summed E-state index contributed by atoms with van der Waals surface area (Å²) in [7, 11) is 5.81. The van der Waals surface area contributed by atoms with Crippen molar-refractivity contribution in [1.29, 1.82) is 0 Å². The summed E-state index contributed by atoms with van der Waals surface area (Å²) in [5.41, 5.74) is 4.85. The van der Waals surface area contributed by atoms with E-state index >= 15 is 0 Å². The molecule has 0 saturated heterocycles. The number of methoxy groups -OCH3 is 1. The van der Waals surface area contributed by atoms with Crippen molar-refractivity contribution in [3.8, 4) is 5.75 Å². The summed E-state index contributed by atoms with van der Waals surface area (Å²) in [6, 6.07) is 14.0. The Balaban J connectivity index is 1.87. The predicted octanol–water partition coefficient (Wildman–Crippen LogP) is 4.63. The lowest BCUT2D eigenvalue weighted by Gasteiger charge is -2.26. The number of fused-ring (bicyclic) bond motifs is 1. The van der Waals surface area contributed by atoms with E-state index in [1.54, 1.807) is 13.2 Å². The minimum absolute atomic E-state index is 0.140. The van der Waals surface area contributed by atoms with E-state index in [-0.39, 0.29) is 11.7 Å². The highest BCUT2D eigenvalue weighted by molar-refractivity contribution is 5.82. The molecule has 1 aromatic heterocycles. The molecule has 1 N–H and O–H groups in total. The fourth-order valence-electron chi connectivity index (χ4n) is 4.02. The second-order valence-corrected chi connectivity index (χ2v) is 8.30. The van der Waals surface area contributed by atoms with Crippen LogP contribution >= 0.6 is 0 Å². The average Bonchev–Trinajstić information content (AvgIpc) is 2.70. The molecule has 0 aliphatic rings. The maximum atomic E-state index is 12.1. The van der Waals surface area contributed by atoms with Gasteiger partial charge in [-0.2, -0.15) is 0 Å². The highest BCUT2D eigenvalue weighted by Crippen LogP contribution is 2.29. The molecule has 0 aliphatic heterocycles. The van der Waals surface area contributed by atoms with Gasteiger partial charge in [-0.25, -0.2) is 4.79 Å². The van der Waals surface area contributed by atoms with Gasteiger partial charge in [-0.15, -0.1) is 0 Å². The molecule has 5 heteroatoms. The fraction of sp³-hybridized carbons (Fsp3) is 0.400. The van der Waals surface area contributed by atoms with Crippen molar-refractivity contribution in [3.05, 3.63) is 75.1 Å². The zero-order valence-corrected chi connectivity index (χ0v) is 18.8. The maximum Gasteiger partial charge on any atom is 0.336 e. The van der Waals surface area contributed by atoms with Crippen LogP contribution in [0.1, 0.15) is 48.1 Å². The van der Waals surface area contributed by atoms with Crippen LogP contribution in [0.4, 0.5) is 0 Å². The molecule has 1 heterocycles. The van der Waals surface area contributed by atoms with Crippen molar-refractivity contribution >= 4 is 11.0 Å². The van der Waals surface area contributed by atoms with Gasteiger partial charge in [0.05, 0.1) is 13.2 Å². The summed E-state index contributed by atoms with van der Waals surface area (Å²) < 4.78 is 11.0. The second-order valence-electron chi connectivity index (χ2n) is 8.30. The number of para-hydroxylation sites is 1. The molecule has 0 aliphatic carbocycles. The zero-order valence-electron chi connectivity index (χ0n) is 18.8. The molecular weight excluding hydrogens is 376 g/mol. The van der Waals surface area contributed by atoms with Gasteiger partial charge in [0.1, 0.15) is 11.3 Å². The van der Waals surface area contributed by atoms with E-state index in [1.807, 2.05) is 24.3 Å². The van der Waals surface area contributed by atoms with Crippen LogP contribution in [-0.2, 0) is 6.54 Å². The molecule has 5 nitrogen and oxygen atoms in total. The Morgan fingerprint density at radius 1 is 1.10 bits per heavy atom. The number of nitrogens with one attached hydrogen (secondary N) is 1. The second kappa shape index (κ2) is 9.45. The molecule has 0 fully saturated rings. The smallest absolute Gasteiger partial charge is 0.336 e. The lowest BCUT2D eigenvalue weighted by atomic mass is 9.95. The predicted molar refractivity (Wildman–Crippen MR) is 122 cm³/mol. The van der Waals surface area contributed by atoms with Crippen LogP contribution in [0.3, 0.4) is 0 Å². The van der Waals surface area contributed by atoms with E-state index in [1.165, 1.54) is 5.56 Å². The van der Waals surface area contributed by atoms with Crippen molar-refractivity contribution in [2.24, 2.45) is 0 Å². The number of benzene rings is 2. The van der Waals surface area contributed by atoms with Crippen molar-refractivity contribution in [2.75, 3.05) is 27.7 Å². The normalized spacial score (nSPS) is 12.7. The molecule has 0 amide bonds. The minimum Gasteiger partial charge on any atom is -0.496 e. The lowest BCUT2D eigenvalue weighted by molar-refractivity contribution is 0.279. The van der Waals surface area contributed by atoms with Crippen LogP contribution in [0.25, 0.3) is 11.0 Å². The van der Waals surface area contributed by atoms with Gasteiger partial charge in [0.25, 0.3) is 0 Å². The van der Waals surface area contributed by atoms with Crippen molar-refractivity contribution in [2.45, 2.75) is 39.3 Å². The van der Waals surface area contributed by atoms with Gasteiger partial charge in [-0.3, -0.25) is 0 Å². The summed E-state index contributed by atoms with van der Waals surface area (Å²) in [6.45, 7) is 7.73. The summed E-state index contributed by atoms with van der Waals surface area (Å²) >= 11 is 0. The Morgan fingerprint density at radius 3 is 2.50 bits per heavy atom. The number of hydrogen-bond acceptors (Lipinski definition) is 5. The van der Waals surface area contributed by atoms with Gasteiger partial charge in [-0.05, 0) is 61.8 Å². The van der Waals surface area contributed by atoms with E-state index in [0.717, 1.165) is 34.4 Å². The van der Waals surface area contributed by atoms with E-state index in [0.29, 0.717) is 18.0 Å². The van der Waals surface area contributed by atoms with E-state index in [2.05, 4.69) is 57.2 Å². The Morgan fingerprint density at radius 2 is 1.83 bits per heavy atom. The van der Waals surface area contributed by atoms with Crippen LogP contribution < -0.4 is 15.7 Å². The molecule has 0 saturated carbocycles. The third-order valence-electron chi connectivity index (χ3n) is 5.61. The van der Waals surface area contributed by atoms with Gasteiger partial charge in [0.2, 0.25) is 0 Å². The molecule has 1 atom stereocenters. The standard InChI is InChI=1S/C25H32N2O3/c1-16(2)20-13-21-18(12-25(28)30-24(21)11-17(20)3)14-26-15-22(27(4)5)19-9-7-8-10-23(19)29-6/h7-13,16,22,26H,14-15H2,1-6H3/t22-/m1/s1. The molecule has 2 aromatic carbocycles. The highest BCUT2D eigenvalue weighted by Gasteiger charge is 2.18. The monoisotopic (exact) mass is 408 g/mol. The zero-order chi connectivity index (χ0) is 21.8. The minimum atomic E-state index is -0.315. The molecule has 0 spiro atoms. The van der Waals surface area contributed by atoms with Gasteiger partial charge >= 0.3 is 5.63 Å². The van der Waals surface area contributed by atoms with E-state index in [4.69, 9.17) is 9.15 Å². The molecule has 0 unspecified atom stereocenters. The Labute approximate surface area is 178 Å². The van der Waals surface area contributed by atoms with Crippen LogP contribution in [0.5, 0.6) is 5.75 Å². The number of aryl methyl sites for hydroxylation is 1. The molecule has 3 rings (SSSR count). The van der Waals surface area contributed by atoms with E-state index < -0.39 is 0 Å². The first-order valence-electron chi connectivity index (χ1n) is 10.4. The Hall–Kier alpha value is -2.63. The number of hydrogen-bond donors (Lipinski definition) is 1. The first-order valence-corrected chi connectivity index (χ1v) is 10.4. The van der Waals surface area contributed by atoms with Gasteiger partial charge in [-0.1, -0.05) is 32.0 Å². The van der Waals surface area contributed by atoms with Crippen LogP contribution in [0.2, 0.25) is 0 Å². The summed E-state index contributed by atoms with van der Waals surface area (Å²) in [4.78, 5) is 14.3. The first kappa shape index (κ1) is 22.1. The molecule has 0 radical (unpaired) electrons.